The summed E-state index contributed by atoms with van der Waals surface area (Å²) >= 11 is 2.12. The molecule has 2 aromatic rings. The van der Waals surface area contributed by atoms with Crippen LogP contribution in [0.25, 0.3) is 0 Å². The minimum absolute atomic E-state index is 0.206. The molecule has 21 heavy (non-hydrogen) atoms. The highest BCUT2D eigenvalue weighted by Gasteiger charge is 2.10. The summed E-state index contributed by atoms with van der Waals surface area (Å²) < 4.78 is 6.00. The molecule has 4 nitrogen and oxygen atoms in total. The molecule has 2 rings (SSSR count). The van der Waals surface area contributed by atoms with Crippen molar-refractivity contribution in [3.05, 3.63) is 51.4 Å². The molecule has 0 aliphatic carbocycles. The normalized spacial score (nSPS) is 10.9. The minimum atomic E-state index is 0.206. The number of pyridine rings is 1. The van der Waals surface area contributed by atoms with Gasteiger partial charge in [0.05, 0.1) is 10.7 Å². The van der Waals surface area contributed by atoms with Gasteiger partial charge in [0.25, 0.3) is 0 Å². The molecule has 0 radical (unpaired) electrons. The first kappa shape index (κ1) is 16.0. The van der Waals surface area contributed by atoms with E-state index in [1.807, 2.05) is 36.5 Å². The lowest BCUT2D eigenvalue weighted by atomic mass is 10.2. The molecule has 0 aliphatic heterocycles. The van der Waals surface area contributed by atoms with Gasteiger partial charge in [-0.1, -0.05) is 6.07 Å². The second kappa shape index (κ2) is 7.61. The molecule has 0 atom stereocenters. The SMILES string of the molecule is COc1cc(CN(C)CCc2ccccn2)cc(I)c1O. The van der Waals surface area contributed by atoms with Gasteiger partial charge in [0.2, 0.25) is 0 Å². The number of phenols is 1. The number of halogens is 1. The molecular weight excluding hydrogens is 379 g/mol. The number of ether oxygens (including phenoxy) is 1. The summed E-state index contributed by atoms with van der Waals surface area (Å²) in [5, 5.41) is 9.85. The van der Waals surface area contributed by atoms with E-state index < -0.39 is 0 Å². The van der Waals surface area contributed by atoms with Crippen LogP contribution < -0.4 is 4.74 Å². The number of phenolic OH excluding ortho intramolecular Hbond substituents is 1. The van der Waals surface area contributed by atoms with Crippen molar-refractivity contribution in [2.45, 2.75) is 13.0 Å². The van der Waals surface area contributed by atoms with Gasteiger partial charge < -0.3 is 14.7 Å². The molecule has 0 unspecified atom stereocenters. The Morgan fingerprint density at radius 1 is 1.33 bits per heavy atom. The van der Waals surface area contributed by atoms with Crippen molar-refractivity contribution in [2.24, 2.45) is 0 Å². The predicted octanol–water partition coefficient (Wildman–Crippen LogP) is 3.07. The van der Waals surface area contributed by atoms with E-state index in [-0.39, 0.29) is 5.75 Å². The maximum absolute atomic E-state index is 9.85. The lowest BCUT2D eigenvalue weighted by Crippen LogP contribution is -2.21. The summed E-state index contributed by atoms with van der Waals surface area (Å²) in [5.41, 5.74) is 2.22. The molecule has 1 heterocycles. The highest BCUT2D eigenvalue weighted by Crippen LogP contribution is 2.32. The second-order valence-electron chi connectivity index (χ2n) is 4.94. The highest BCUT2D eigenvalue weighted by molar-refractivity contribution is 14.1. The van der Waals surface area contributed by atoms with Crippen molar-refractivity contribution in [1.82, 2.24) is 9.88 Å². The molecular formula is C16H19IN2O2. The zero-order chi connectivity index (χ0) is 15.2. The molecule has 1 aromatic carbocycles. The third-order valence-electron chi connectivity index (χ3n) is 3.24. The number of nitrogens with zero attached hydrogens (tertiary/aromatic N) is 2. The van der Waals surface area contributed by atoms with Crippen LogP contribution in [0.1, 0.15) is 11.3 Å². The average Bonchev–Trinajstić information content (AvgIpc) is 2.49. The Kier molecular flexibility index (Phi) is 5.81. The third kappa shape index (κ3) is 4.57. The first-order valence-corrected chi connectivity index (χ1v) is 7.82. The van der Waals surface area contributed by atoms with Crippen molar-refractivity contribution in [2.75, 3.05) is 20.7 Å². The van der Waals surface area contributed by atoms with E-state index >= 15 is 0 Å². The van der Waals surface area contributed by atoms with Crippen LogP contribution in [0.5, 0.6) is 11.5 Å². The predicted molar refractivity (Wildman–Crippen MR) is 91.7 cm³/mol. The van der Waals surface area contributed by atoms with Crippen molar-refractivity contribution in [3.8, 4) is 11.5 Å². The number of hydrogen-bond donors (Lipinski definition) is 1. The quantitative estimate of drug-likeness (QED) is 0.760. The Morgan fingerprint density at radius 3 is 2.81 bits per heavy atom. The van der Waals surface area contributed by atoms with Crippen LogP contribution in [-0.2, 0) is 13.0 Å². The standard InChI is InChI=1S/C16H19IN2O2/c1-19(8-6-13-5-3-4-7-18-13)11-12-9-14(17)16(20)15(10-12)21-2/h3-5,7,9-10,20H,6,8,11H2,1-2H3. The number of benzene rings is 1. The van der Waals surface area contributed by atoms with Crippen LogP contribution in [0.4, 0.5) is 0 Å². The van der Waals surface area contributed by atoms with E-state index in [9.17, 15) is 5.11 Å². The second-order valence-corrected chi connectivity index (χ2v) is 6.10. The van der Waals surface area contributed by atoms with Gasteiger partial charge in [-0.3, -0.25) is 4.98 Å². The Hall–Kier alpha value is -1.34. The van der Waals surface area contributed by atoms with E-state index in [1.54, 1.807) is 7.11 Å². The van der Waals surface area contributed by atoms with Crippen LogP contribution >= 0.6 is 22.6 Å². The summed E-state index contributed by atoms with van der Waals surface area (Å²) in [6.07, 6.45) is 2.74. The Bertz CT molecular complexity index is 590. The van der Waals surface area contributed by atoms with Gasteiger partial charge in [0, 0.05) is 31.4 Å². The lowest BCUT2D eigenvalue weighted by molar-refractivity contribution is 0.327. The largest absolute Gasteiger partial charge is 0.504 e. The van der Waals surface area contributed by atoms with E-state index in [1.165, 1.54) is 0 Å². The third-order valence-corrected chi connectivity index (χ3v) is 4.06. The van der Waals surface area contributed by atoms with Crippen LogP contribution in [0.2, 0.25) is 0 Å². The van der Waals surface area contributed by atoms with E-state index in [4.69, 9.17) is 4.74 Å². The average molecular weight is 398 g/mol. The van der Waals surface area contributed by atoms with Crippen LogP contribution in [0.15, 0.2) is 36.5 Å². The summed E-state index contributed by atoms with van der Waals surface area (Å²) in [6, 6.07) is 9.85. The maximum Gasteiger partial charge on any atom is 0.171 e. The van der Waals surface area contributed by atoms with Gasteiger partial charge in [-0.15, -0.1) is 0 Å². The smallest absolute Gasteiger partial charge is 0.171 e. The summed E-state index contributed by atoms with van der Waals surface area (Å²) in [6.45, 7) is 1.73. The zero-order valence-electron chi connectivity index (χ0n) is 12.2. The Balaban J connectivity index is 1.96. The molecule has 5 heteroatoms. The van der Waals surface area contributed by atoms with E-state index in [2.05, 4.69) is 39.5 Å². The molecule has 0 saturated carbocycles. The van der Waals surface area contributed by atoms with Crippen molar-refractivity contribution in [3.63, 3.8) is 0 Å². The van der Waals surface area contributed by atoms with E-state index in [0.717, 1.165) is 34.3 Å². The molecule has 0 spiro atoms. The van der Waals surface area contributed by atoms with Gasteiger partial charge in [-0.2, -0.15) is 0 Å². The molecule has 0 aliphatic rings. The first-order valence-electron chi connectivity index (χ1n) is 6.74. The minimum Gasteiger partial charge on any atom is -0.504 e. The molecule has 0 amide bonds. The fraction of sp³-hybridized carbons (Fsp3) is 0.312. The molecule has 0 fully saturated rings. The molecule has 112 valence electrons. The van der Waals surface area contributed by atoms with Gasteiger partial charge >= 0.3 is 0 Å². The molecule has 0 bridgehead atoms. The first-order chi connectivity index (χ1) is 10.1. The fourth-order valence-electron chi connectivity index (χ4n) is 2.12. The number of methoxy groups -OCH3 is 1. The lowest BCUT2D eigenvalue weighted by Gasteiger charge is -2.17. The molecule has 1 N–H and O–H groups in total. The van der Waals surface area contributed by atoms with Crippen LogP contribution in [0.3, 0.4) is 0 Å². The van der Waals surface area contributed by atoms with E-state index in [0.29, 0.717) is 5.75 Å². The number of likely N-dealkylation sites (N-methyl/N-ethyl adjacent to an activating group) is 1. The van der Waals surface area contributed by atoms with Gasteiger partial charge in [0.1, 0.15) is 0 Å². The van der Waals surface area contributed by atoms with Gasteiger partial charge in [-0.05, 0) is 59.5 Å². The Labute approximate surface area is 138 Å². The topological polar surface area (TPSA) is 45.6 Å². The monoisotopic (exact) mass is 398 g/mol. The molecule has 1 aromatic heterocycles. The Morgan fingerprint density at radius 2 is 2.14 bits per heavy atom. The van der Waals surface area contributed by atoms with Crippen molar-refractivity contribution < 1.29 is 9.84 Å². The summed E-state index contributed by atoms with van der Waals surface area (Å²) in [7, 11) is 3.65. The maximum atomic E-state index is 9.85. The number of hydrogen-bond acceptors (Lipinski definition) is 4. The number of aromatic hydroxyl groups is 1. The van der Waals surface area contributed by atoms with Crippen molar-refractivity contribution in [1.29, 1.82) is 0 Å². The fourth-order valence-corrected chi connectivity index (χ4v) is 2.78. The number of rotatable bonds is 6. The number of aromatic nitrogens is 1. The molecule has 0 saturated heterocycles. The zero-order valence-corrected chi connectivity index (χ0v) is 14.4. The van der Waals surface area contributed by atoms with Gasteiger partial charge in [-0.25, -0.2) is 0 Å². The van der Waals surface area contributed by atoms with Gasteiger partial charge in [0.15, 0.2) is 11.5 Å². The van der Waals surface area contributed by atoms with Crippen LogP contribution in [0, 0.1) is 3.57 Å². The summed E-state index contributed by atoms with van der Waals surface area (Å²) in [4.78, 5) is 6.56. The summed E-state index contributed by atoms with van der Waals surface area (Å²) in [5.74, 6) is 0.730. The van der Waals surface area contributed by atoms with Crippen molar-refractivity contribution >= 4 is 22.6 Å². The van der Waals surface area contributed by atoms with Crippen LogP contribution in [-0.4, -0.2) is 35.7 Å². The highest BCUT2D eigenvalue weighted by atomic mass is 127.